The number of hydrogen-bond donors (Lipinski definition) is 0. The minimum absolute atomic E-state index is 0.136. The van der Waals surface area contributed by atoms with E-state index in [4.69, 9.17) is 10.00 Å². The molecule has 17 heavy (non-hydrogen) atoms. The molecule has 0 N–H and O–H groups in total. The van der Waals surface area contributed by atoms with E-state index in [1.54, 1.807) is 0 Å². The monoisotopic (exact) mass is 254 g/mol. The SMILES string of the molecule is CCN(CC#N)C1CCOC2(CCSCC2)C1. The van der Waals surface area contributed by atoms with Crippen LogP contribution in [0.15, 0.2) is 0 Å². The van der Waals surface area contributed by atoms with Crippen LogP contribution < -0.4 is 0 Å². The van der Waals surface area contributed by atoms with Gasteiger partial charge < -0.3 is 4.74 Å². The summed E-state index contributed by atoms with van der Waals surface area (Å²) in [7, 11) is 0. The molecule has 0 aromatic rings. The van der Waals surface area contributed by atoms with Crippen LogP contribution in [0.3, 0.4) is 0 Å². The van der Waals surface area contributed by atoms with Crippen molar-refractivity contribution in [2.45, 2.75) is 44.2 Å². The zero-order valence-electron chi connectivity index (χ0n) is 10.7. The molecular formula is C13H22N2OS. The van der Waals surface area contributed by atoms with Gasteiger partial charge in [0.05, 0.1) is 18.2 Å². The Kier molecular flexibility index (Phi) is 4.72. The summed E-state index contributed by atoms with van der Waals surface area (Å²) >= 11 is 2.04. The molecule has 4 heteroatoms. The number of nitrogens with zero attached hydrogens (tertiary/aromatic N) is 2. The van der Waals surface area contributed by atoms with Gasteiger partial charge in [-0.15, -0.1) is 0 Å². The normalized spacial score (nSPS) is 28.2. The van der Waals surface area contributed by atoms with Crippen molar-refractivity contribution < 1.29 is 4.74 Å². The number of ether oxygens (including phenoxy) is 1. The Balaban J connectivity index is 1.98. The van der Waals surface area contributed by atoms with Crippen LogP contribution in [0.5, 0.6) is 0 Å². The Morgan fingerprint density at radius 3 is 2.88 bits per heavy atom. The summed E-state index contributed by atoms with van der Waals surface area (Å²) in [5.41, 5.74) is 0.136. The van der Waals surface area contributed by atoms with Crippen molar-refractivity contribution in [3.63, 3.8) is 0 Å². The molecule has 2 rings (SSSR count). The van der Waals surface area contributed by atoms with Gasteiger partial charge in [-0.1, -0.05) is 6.92 Å². The van der Waals surface area contributed by atoms with E-state index in [1.165, 1.54) is 24.3 Å². The highest BCUT2D eigenvalue weighted by atomic mass is 32.2. The molecule has 1 atom stereocenters. The van der Waals surface area contributed by atoms with Gasteiger partial charge in [-0.05, 0) is 43.7 Å². The van der Waals surface area contributed by atoms with Crippen molar-refractivity contribution in [3.8, 4) is 6.07 Å². The maximum absolute atomic E-state index is 8.87. The van der Waals surface area contributed by atoms with Gasteiger partial charge in [0.15, 0.2) is 0 Å². The van der Waals surface area contributed by atoms with E-state index >= 15 is 0 Å². The van der Waals surface area contributed by atoms with Gasteiger partial charge in [0.1, 0.15) is 0 Å². The maximum atomic E-state index is 8.87. The van der Waals surface area contributed by atoms with Gasteiger partial charge in [-0.2, -0.15) is 17.0 Å². The molecule has 2 aliphatic rings. The summed E-state index contributed by atoms with van der Waals surface area (Å²) < 4.78 is 6.09. The van der Waals surface area contributed by atoms with E-state index in [0.717, 1.165) is 26.0 Å². The Morgan fingerprint density at radius 2 is 2.24 bits per heavy atom. The van der Waals surface area contributed by atoms with E-state index < -0.39 is 0 Å². The van der Waals surface area contributed by atoms with Crippen molar-refractivity contribution in [2.75, 3.05) is 31.2 Å². The third kappa shape index (κ3) is 3.15. The molecule has 1 unspecified atom stereocenters. The Morgan fingerprint density at radius 1 is 1.47 bits per heavy atom. The average molecular weight is 254 g/mol. The molecular weight excluding hydrogens is 232 g/mol. The number of hydrogen-bond acceptors (Lipinski definition) is 4. The molecule has 0 aromatic carbocycles. The van der Waals surface area contributed by atoms with E-state index in [1.807, 2.05) is 11.8 Å². The predicted octanol–water partition coefficient (Wildman–Crippen LogP) is 2.28. The lowest BCUT2D eigenvalue weighted by molar-refractivity contribution is -0.108. The van der Waals surface area contributed by atoms with Crippen LogP contribution in [0.1, 0.15) is 32.6 Å². The molecule has 2 saturated heterocycles. The Bertz CT molecular complexity index is 278. The van der Waals surface area contributed by atoms with Gasteiger partial charge in [0.25, 0.3) is 0 Å². The third-order valence-corrected chi connectivity index (χ3v) is 5.05. The summed E-state index contributed by atoms with van der Waals surface area (Å²) in [5.74, 6) is 2.47. The molecule has 0 bridgehead atoms. The third-order valence-electron chi connectivity index (χ3n) is 4.07. The fourth-order valence-electron chi connectivity index (χ4n) is 3.00. The fraction of sp³-hybridized carbons (Fsp3) is 0.923. The first-order valence-electron chi connectivity index (χ1n) is 6.62. The highest BCUT2D eigenvalue weighted by Gasteiger charge is 2.40. The molecule has 0 radical (unpaired) electrons. The van der Waals surface area contributed by atoms with Crippen LogP contribution in [0.4, 0.5) is 0 Å². The van der Waals surface area contributed by atoms with Crippen molar-refractivity contribution >= 4 is 11.8 Å². The predicted molar refractivity (Wildman–Crippen MR) is 71.1 cm³/mol. The largest absolute Gasteiger partial charge is 0.375 e. The lowest BCUT2D eigenvalue weighted by Crippen LogP contribution is -2.50. The minimum atomic E-state index is 0.136. The summed E-state index contributed by atoms with van der Waals surface area (Å²) in [4.78, 5) is 2.31. The lowest BCUT2D eigenvalue weighted by Gasteiger charge is -2.45. The number of nitriles is 1. The molecule has 1 spiro atoms. The van der Waals surface area contributed by atoms with Crippen LogP contribution in [0.25, 0.3) is 0 Å². The Hall–Kier alpha value is -0.240. The molecule has 2 heterocycles. The quantitative estimate of drug-likeness (QED) is 0.724. The molecule has 0 saturated carbocycles. The maximum Gasteiger partial charge on any atom is 0.0868 e. The first kappa shape index (κ1) is 13.2. The standard InChI is InChI=1S/C13H22N2OS/c1-2-15(7-6-14)12-3-8-16-13(11-12)4-9-17-10-5-13/h12H,2-5,7-11H2,1H3. The van der Waals surface area contributed by atoms with E-state index in [-0.39, 0.29) is 5.60 Å². The molecule has 96 valence electrons. The van der Waals surface area contributed by atoms with Crippen LogP contribution in [-0.4, -0.2) is 47.7 Å². The van der Waals surface area contributed by atoms with Crippen molar-refractivity contribution in [1.29, 1.82) is 5.26 Å². The summed E-state index contributed by atoms with van der Waals surface area (Å²) in [6.45, 7) is 4.56. The van der Waals surface area contributed by atoms with Crippen LogP contribution in [-0.2, 0) is 4.74 Å². The molecule has 0 aliphatic carbocycles. The average Bonchev–Trinajstić information content (AvgIpc) is 2.37. The highest BCUT2D eigenvalue weighted by Crippen LogP contribution is 2.38. The summed E-state index contributed by atoms with van der Waals surface area (Å²) in [6.07, 6.45) is 4.60. The zero-order chi connectivity index (χ0) is 12.1. The van der Waals surface area contributed by atoms with E-state index in [0.29, 0.717) is 12.6 Å². The Labute approximate surface area is 108 Å². The molecule has 2 fully saturated rings. The van der Waals surface area contributed by atoms with Crippen LogP contribution in [0, 0.1) is 11.3 Å². The van der Waals surface area contributed by atoms with Gasteiger partial charge in [0, 0.05) is 12.6 Å². The van der Waals surface area contributed by atoms with E-state index in [9.17, 15) is 0 Å². The van der Waals surface area contributed by atoms with Gasteiger partial charge in [-0.25, -0.2) is 0 Å². The summed E-state index contributed by atoms with van der Waals surface area (Å²) in [5, 5.41) is 8.87. The van der Waals surface area contributed by atoms with Crippen molar-refractivity contribution in [2.24, 2.45) is 0 Å². The molecule has 0 aromatic heterocycles. The second kappa shape index (κ2) is 6.08. The van der Waals surface area contributed by atoms with Crippen LogP contribution in [0.2, 0.25) is 0 Å². The molecule has 0 amide bonds. The van der Waals surface area contributed by atoms with Gasteiger partial charge in [-0.3, -0.25) is 4.90 Å². The van der Waals surface area contributed by atoms with Crippen LogP contribution >= 0.6 is 11.8 Å². The number of thioether (sulfide) groups is 1. The van der Waals surface area contributed by atoms with Crippen molar-refractivity contribution in [1.82, 2.24) is 4.90 Å². The second-order valence-corrected chi connectivity index (χ2v) is 6.24. The minimum Gasteiger partial charge on any atom is -0.375 e. The molecule has 2 aliphatic heterocycles. The summed E-state index contributed by atoms with van der Waals surface area (Å²) in [6, 6.07) is 2.84. The lowest BCUT2D eigenvalue weighted by atomic mass is 9.85. The number of rotatable bonds is 3. The highest BCUT2D eigenvalue weighted by molar-refractivity contribution is 7.99. The zero-order valence-corrected chi connectivity index (χ0v) is 11.5. The van der Waals surface area contributed by atoms with Gasteiger partial charge in [0.2, 0.25) is 0 Å². The smallest absolute Gasteiger partial charge is 0.0868 e. The second-order valence-electron chi connectivity index (χ2n) is 5.01. The van der Waals surface area contributed by atoms with E-state index in [2.05, 4.69) is 17.9 Å². The topological polar surface area (TPSA) is 36.3 Å². The fourth-order valence-corrected chi connectivity index (χ4v) is 4.23. The first-order chi connectivity index (χ1) is 8.29. The first-order valence-corrected chi connectivity index (χ1v) is 7.78. The molecule has 3 nitrogen and oxygen atoms in total. The van der Waals surface area contributed by atoms with Crippen molar-refractivity contribution in [3.05, 3.63) is 0 Å². The van der Waals surface area contributed by atoms with Gasteiger partial charge >= 0.3 is 0 Å².